The molecule has 2 aromatic rings. The fourth-order valence-electron chi connectivity index (χ4n) is 2.76. The van der Waals surface area contributed by atoms with Crippen molar-refractivity contribution in [2.75, 3.05) is 11.1 Å². The molecule has 0 saturated carbocycles. The number of benzene rings is 1. The molecule has 7 heteroatoms. The maximum atomic E-state index is 12.9. The van der Waals surface area contributed by atoms with Gasteiger partial charge in [0.25, 0.3) is 5.91 Å². The number of anilines is 1. The Morgan fingerprint density at radius 2 is 1.92 bits per heavy atom. The average Bonchev–Trinajstić information content (AvgIpc) is 2.92. The van der Waals surface area contributed by atoms with E-state index in [1.165, 1.54) is 35.2 Å². The van der Waals surface area contributed by atoms with Gasteiger partial charge in [0.05, 0.1) is 11.3 Å². The summed E-state index contributed by atoms with van der Waals surface area (Å²) >= 11 is 2.77. The third kappa shape index (κ3) is 3.79. The van der Waals surface area contributed by atoms with Gasteiger partial charge in [0.15, 0.2) is 0 Å². The predicted octanol–water partition coefficient (Wildman–Crippen LogP) is 3.60. The van der Waals surface area contributed by atoms with Gasteiger partial charge in [0.2, 0.25) is 5.91 Å². The number of thiophene rings is 1. The van der Waals surface area contributed by atoms with E-state index >= 15 is 0 Å². The van der Waals surface area contributed by atoms with Crippen molar-refractivity contribution in [2.24, 2.45) is 5.73 Å². The zero-order valence-electron chi connectivity index (χ0n) is 12.9. The first-order chi connectivity index (χ1) is 11.5. The van der Waals surface area contributed by atoms with Crippen LogP contribution in [0.15, 0.2) is 29.2 Å². The number of fused-ring (bicyclic) bond motifs is 1. The Labute approximate surface area is 147 Å². The molecule has 2 amide bonds. The van der Waals surface area contributed by atoms with Crippen LogP contribution in [0.4, 0.5) is 9.39 Å². The molecular formula is C17H17FN2O2S2. The number of carbonyl (C=O) groups is 2. The maximum Gasteiger partial charge on any atom is 0.251 e. The minimum atomic E-state index is -0.490. The average molecular weight is 364 g/mol. The van der Waals surface area contributed by atoms with E-state index < -0.39 is 5.91 Å². The number of halogens is 1. The van der Waals surface area contributed by atoms with E-state index in [1.54, 1.807) is 12.1 Å². The van der Waals surface area contributed by atoms with E-state index in [9.17, 15) is 14.0 Å². The Balaban J connectivity index is 1.69. The zero-order valence-corrected chi connectivity index (χ0v) is 14.6. The summed E-state index contributed by atoms with van der Waals surface area (Å²) in [5.41, 5.74) is 6.98. The topological polar surface area (TPSA) is 72.2 Å². The van der Waals surface area contributed by atoms with E-state index in [-0.39, 0.29) is 17.5 Å². The van der Waals surface area contributed by atoms with Crippen molar-refractivity contribution < 1.29 is 14.0 Å². The van der Waals surface area contributed by atoms with Crippen molar-refractivity contribution in [3.05, 3.63) is 46.1 Å². The van der Waals surface area contributed by atoms with Crippen molar-refractivity contribution >= 4 is 39.9 Å². The second-order valence-corrected chi connectivity index (χ2v) is 7.72. The number of nitrogens with two attached hydrogens (primary N) is 1. The normalized spacial score (nSPS) is 13.4. The number of hydrogen-bond acceptors (Lipinski definition) is 4. The van der Waals surface area contributed by atoms with Gasteiger partial charge < -0.3 is 11.1 Å². The van der Waals surface area contributed by atoms with Crippen LogP contribution < -0.4 is 11.1 Å². The molecule has 1 aliphatic rings. The van der Waals surface area contributed by atoms with E-state index in [1.807, 2.05) is 0 Å². The number of thioether (sulfide) groups is 1. The van der Waals surface area contributed by atoms with E-state index in [4.69, 9.17) is 5.73 Å². The zero-order chi connectivity index (χ0) is 17.1. The standard InChI is InChI=1S/C17H17FN2O2S2/c18-10-5-7-11(8-6-10)23-9-14(21)20-17-15(16(19)22)12-3-1-2-4-13(12)24-17/h5-8H,1-4,9H2,(H2,19,22)(H,20,21). The van der Waals surface area contributed by atoms with Crippen LogP contribution in [0.5, 0.6) is 0 Å². The first-order valence-corrected chi connectivity index (χ1v) is 9.47. The second-order valence-electron chi connectivity index (χ2n) is 5.57. The molecule has 3 rings (SSSR count). The van der Waals surface area contributed by atoms with Crippen molar-refractivity contribution in [1.29, 1.82) is 0 Å². The molecular weight excluding hydrogens is 347 g/mol. The predicted molar refractivity (Wildman–Crippen MR) is 95.2 cm³/mol. The lowest BCUT2D eigenvalue weighted by molar-refractivity contribution is -0.113. The molecule has 126 valence electrons. The number of carbonyl (C=O) groups excluding carboxylic acids is 2. The quantitative estimate of drug-likeness (QED) is 0.796. The van der Waals surface area contributed by atoms with Crippen molar-refractivity contribution in [3.63, 3.8) is 0 Å². The first kappa shape index (κ1) is 17.0. The third-order valence-corrected chi connectivity index (χ3v) is 6.07. The highest BCUT2D eigenvalue weighted by Crippen LogP contribution is 2.38. The Bertz CT molecular complexity index is 772. The number of aryl methyl sites for hydroxylation is 1. The number of nitrogens with one attached hydrogen (secondary N) is 1. The Morgan fingerprint density at radius 1 is 1.21 bits per heavy atom. The van der Waals surface area contributed by atoms with Crippen molar-refractivity contribution in [2.45, 2.75) is 30.6 Å². The molecule has 1 heterocycles. The SMILES string of the molecule is NC(=O)c1c(NC(=O)CSc2ccc(F)cc2)sc2c1CCCC2. The number of primary amides is 1. The Kier molecular flexibility index (Phi) is 5.20. The summed E-state index contributed by atoms with van der Waals surface area (Å²) in [6.45, 7) is 0. The molecule has 24 heavy (non-hydrogen) atoms. The molecule has 0 bridgehead atoms. The van der Waals surface area contributed by atoms with Gasteiger partial charge in [-0.2, -0.15) is 0 Å². The first-order valence-electron chi connectivity index (χ1n) is 7.67. The second kappa shape index (κ2) is 7.36. The summed E-state index contributed by atoms with van der Waals surface area (Å²) in [7, 11) is 0. The summed E-state index contributed by atoms with van der Waals surface area (Å²) in [4.78, 5) is 25.9. The summed E-state index contributed by atoms with van der Waals surface area (Å²) in [6, 6.07) is 5.98. The molecule has 1 aliphatic carbocycles. The summed E-state index contributed by atoms with van der Waals surface area (Å²) < 4.78 is 12.9. The summed E-state index contributed by atoms with van der Waals surface area (Å²) in [5.74, 6) is -0.813. The molecule has 4 nitrogen and oxygen atoms in total. The third-order valence-electron chi connectivity index (χ3n) is 3.85. The monoisotopic (exact) mass is 364 g/mol. The number of amides is 2. The minimum absolute atomic E-state index is 0.187. The molecule has 0 saturated heterocycles. The Hall–Kier alpha value is -1.86. The van der Waals surface area contributed by atoms with Crippen LogP contribution in [0.2, 0.25) is 0 Å². The maximum absolute atomic E-state index is 12.9. The van der Waals surface area contributed by atoms with Crippen LogP contribution in [-0.4, -0.2) is 17.6 Å². The van der Waals surface area contributed by atoms with Gasteiger partial charge in [-0.25, -0.2) is 4.39 Å². The highest BCUT2D eigenvalue weighted by Gasteiger charge is 2.24. The lowest BCUT2D eigenvalue weighted by Crippen LogP contribution is -2.19. The molecule has 1 aromatic carbocycles. The minimum Gasteiger partial charge on any atom is -0.365 e. The molecule has 0 atom stereocenters. The van der Waals surface area contributed by atoms with Crippen LogP contribution in [-0.2, 0) is 17.6 Å². The van der Waals surface area contributed by atoms with Crippen molar-refractivity contribution in [3.8, 4) is 0 Å². The lowest BCUT2D eigenvalue weighted by Gasteiger charge is -2.11. The Morgan fingerprint density at radius 3 is 2.62 bits per heavy atom. The van der Waals surface area contributed by atoms with Crippen LogP contribution in [0.3, 0.4) is 0 Å². The van der Waals surface area contributed by atoms with Gasteiger partial charge >= 0.3 is 0 Å². The van der Waals surface area contributed by atoms with Gasteiger partial charge in [-0.3, -0.25) is 9.59 Å². The summed E-state index contributed by atoms with van der Waals surface area (Å²) in [6.07, 6.45) is 3.90. The van der Waals surface area contributed by atoms with E-state index in [0.29, 0.717) is 10.6 Å². The van der Waals surface area contributed by atoms with Gasteiger partial charge in [-0.15, -0.1) is 23.1 Å². The summed E-state index contributed by atoms with van der Waals surface area (Å²) in [5, 5.41) is 3.37. The largest absolute Gasteiger partial charge is 0.365 e. The van der Waals surface area contributed by atoms with Crippen molar-refractivity contribution in [1.82, 2.24) is 0 Å². The van der Waals surface area contributed by atoms with Crippen LogP contribution in [0, 0.1) is 5.82 Å². The van der Waals surface area contributed by atoms with Crippen LogP contribution in [0.25, 0.3) is 0 Å². The highest BCUT2D eigenvalue weighted by atomic mass is 32.2. The van der Waals surface area contributed by atoms with Crippen LogP contribution in [0.1, 0.15) is 33.6 Å². The van der Waals surface area contributed by atoms with Crippen LogP contribution >= 0.6 is 23.1 Å². The fraction of sp³-hybridized carbons (Fsp3) is 0.294. The molecule has 0 fully saturated rings. The number of hydrogen-bond donors (Lipinski definition) is 2. The van der Waals surface area contributed by atoms with Gasteiger partial charge in [-0.05, 0) is 55.5 Å². The van der Waals surface area contributed by atoms with Gasteiger partial charge in [0.1, 0.15) is 10.8 Å². The highest BCUT2D eigenvalue weighted by molar-refractivity contribution is 8.00. The van der Waals surface area contributed by atoms with Gasteiger partial charge in [0, 0.05) is 9.77 Å². The fourth-order valence-corrected chi connectivity index (χ4v) is 4.77. The molecule has 0 unspecified atom stereocenters. The number of rotatable bonds is 5. The van der Waals surface area contributed by atoms with E-state index in [0.717, 1.165) is 41.0 Å². The van der Waals surface area contributed by atoms with E-state index in [2.05, 4.69) is 5.32 Å². The molecule has 3 N–H and O–H groups in total. The van der Waals surface area contributed by atoms with Gasteiger partial charge in [-0.1, -0.05) is 0 Å². The lowest BCUT2D eigenvalue weighted by atomic mass is 9.95. The molecule has 0 spiro atoms. The molecule has 1 aromatic heterocycles. The molecule has 0 aliphatic heterocycles. The smallest absolute Gasteiger partial charge is 0.251 e. The molecule has 0 radical (unpaired) electrons.